The molecule has 1 fully saturated rings. The quantitative estimate of drug-likeness (QED) is 0.572. The van der Waals surface area contributed by atoms with Crippen molar-refractivity contribution in [3.05, 3.63) is 0 Å². The van der Waals surface area contributed by atoms with Gasteiger partial charge in [-0.05, 0) is 24.7 Å². The molecule has 0 spiro atoms. The van der Waals surface area contributed by atoms with Crippen molar-refractivity contribution in [3.63, 3.8) is 0 Å². The van der Waals surface area contributed by atoms with E-state index in [4.69, 9.17) is 0 Å². The zero-order valence-corrected chi connectivity index (χ0v) is 8.54. The Hall–Kier alpha value is 0.720. The normalized spacial score (nSPS) is 21.3. The van der Waals surface area contributed by atoms with Crippen LogP contribution in [0.3, 0.4) is 0 Å². The van der Waals surface area contributed by atoms with Crippen LogP contribution >= 0.6 is 21.0 Å². The first-order chi connectivity index (χ1) is 4.43. The second-order valence-corrected chi connectivity index (χ2v) is 4.82. The SMILES string of the molecule is CCPC1CCCCC1.Cl. The van der Waals surface area contributed by atoms with Gasteiger partial charge in [0.2, 0.25) is 0 Å². The average Bonchev–Trinajstić information content (AvgIpc) is 1.91. The Labute approximate surface area is 72.4 Å². The summed E-state index contributed by atoms with van der Waals surface area (Å²) in [5.41, 5.74) is 1.13. The second-order valence-electron chi connectivity index (χ2n) is 2.89. The molecule has 0 aliphatic heterocycles. The summed E-state index contributed by atoms with van der Waals surface area (Å²) in [5.74, 6) is 0. The van der Waals surface area contributed by atoms with Crippen LogP contribution in [0.5, 0.6) is 0 Å². The van der Waals surface area contributed by atoms with E-state index in [2.05, 4.69) is 6.92 Å². The standard InChI is InChI=1S/C8H17P.ClH/c1-2-9-8-6-4-3-5-7-8;/h8-9H,2-7H2,1H3;1H. The molecule has 2 heteroatoms. The van der Waals surface area contributed by atoms with Gasteiger partial charge >= 0.3 is 0 Å². The third-order valence-corrected chi connectivity index (χ3v) is 3.66. The van der Waals surface area contributed by atoms with Gasteiger partial charge in [-0.3, -0.25) is 0 Å². The molecule has 1 rings (SSSR count). The van der Waals surface area contributed by atoms with Gasteiger partial charge in [0.05, 0.1) is 0 Å². The lowest BCUT2D eigenvalue weighted by atomic mass is 10.0. The molecule has 0 nitrogen and oxygen atoms in total. The van der Waals surface area contributed by atoms with Gasteiger partial charge in [-0.25, -0.2) is 0 Å². The Balaban J connectivity index is 0.000000810. The Bertz CT molecular complexity index is 66.9. The highest BCUT2D eigenvalue weighted by Gasteiger charge is 2.10. The van der Waals surface area contributed by atoms with Crippen LogP contribution in [0.4, 0.5) is 0 Å². The Morgan fingerprint density at radius 3 is 2.30 bits per heavy atom. The molecule has 62 valence electrons. The minimum atomic E-state index is 0. The zero-order valence-electron chi connectivity index (χ0n) is 6.73. The Morgan fingerprint density at radius 1 is 1.20 bits per heavy atom. The van der Waals surface area contributed by atoms with Crippen LogP contribution in [0.2, 0.25) is 0 Å². The van der Waals surface area contributed by atoms with E-state index in [9.17, 15) is 0 Å². The van der Waals surface area contributed by atoms with E-state index in [-0.39, 0.29) is 12.4 Å². The lowest BCUT2D eigenvalue weighted by Crippen LogP contribution is -2.06. The fourth-order valence-electron chi connectivity index (χ4n) is 1.60. The molecular formula is C8H18ClP. The second kappa shape index (κ2) is 6.43. The van der Waals surface area contributed by atoms with Crippen molar-refractivity contribution in [2.75, 3.05) is 6.16 Å². The molecule has 10 heavy (non-hydrogen) atoms. The highest BCUT2D eigenvalue weighted by atomic mass is 35.5. The fourth-order valence-corrected chi connectivity index (χ4v) is 2.99. The van der Waals surface area contributed by atoms with E-state index in [1.165, 1.54) is 46.8 Å². The lowest BCUT2D eigenvalue weighted by Gasteiger charge is -2.20. The summed E-state index contributed by atoms with van der Waals surface area (Å²) in [6.07, 6.45) is 9.02. The van der Waals surface area contributed by atoms with E-state index in [0.29, 0.717) is 0 Å². The molecule has 0 radical (unpaired) electrons. The smallest absolute Gasteiger partial charge is 0.0237 e. The van der Waals surface area contributed by atoms with E-state index in [1.54, 1.807) is 0 Å². The van der Waals surface area contributed by atoms with Crippen LogP contribution in [0.25, 0.3) is 0 Å². The lowest BCUT2D eigenvalue weighted by molar-refractivity contribution is 0.513. The molecule has 1 atom stereocenters. The first kappa shape index (κ1) is 10.7. The van der Waals surface area contributed by atoms with Crippen LogP contribution in [0.15, 0.2) is 0 Å². The van der Waals surface area contributed by atoms with E-state index < -0.39 is 0 Å². The monoisotopic (exact) mass is 180 g/mol. The predicted octanol–water partition coefficient (Wildman–Crippen LogP) is 3.44. The van der Waals surface area contributed by atoms with Crippen molar-refractivity contribution in [2.45, 2.75) is 44.7 Å². The largest absolute Gasteiger partial charge is 0.147 e. The van der Waals surface area contributed by atoms with Gasteiger partial charge in [-0.1, -0.05) is 26.2 Å². The summed E-state index contributed by atoms with van der Waals surface area (Å²) in [4.78, 5) is 0. The summed E-state index contributed by atoms with van der Waals surface area (Å²) in [6.45, 7) is 2.31. The number of hydrogen-bond acceptors (Lipinski definition) is 0. The fraction of sp³-hybridized carbons (Fsp3) is 1.00. The van der Waals surface area contributed by atoms with Crippen LogP contribution < -0.4 is 0 Å². The average molecular weight is 181 g/mol. The summed E-state index contributed by atoms with van der Waals surface area (Å²) >= 11 is 0. The summed E-state index contributed by atoms with van der Waals surface area (Å²) < 4.78 is 0. The maximum absolute atomic E-state index is 2.31. The molecule has 1 aliphatic rings. The van der Waals surface area contributed by atoms with Crippen molar-refractivity contribution in [3.8, 4) is 0 Å². The molecule has 0 saturated heterocycles. The van der Waals surface area contributed by atoms with Crippen LogP contribution in [0.1, 0.15) is 39.0 Å². The maximum Gasteiger partial charge on any atom is -0.0237 e. The summed E-state index contributed by atoms with van der Waals surface area (Å²) in [6, 6.07) is 0. The molecule has 1 aliphatic carbocycles. The van der Waals surface area contributed by atoms with Gasteiger partial charge in [-0.2, -0.15) is 0 Å². The van der Waals surface area contributed by atoms with Crippen molar-refractivity contribution in [2.24, 2.45) is 0 Å². The molecule has 0 aromatic carbocycles. The molecule has 1 saturated carbocycles. The number of halogens is 1. The van der Waals surface area contributed by atoms with Gasteiger partial charge in [0.1, 0.15) is 0 Å². The third-order valence-electron chi connectivity index (χ3n) is 2.10. The van der Waals surface area contributed by atoms with Crippen LogP contribution in [0, 0.1) is 0 Å². The van der Waals surface area contributed by atoms with Gasteiger partial charge in [0, 0.05) is 0 Å². The van der Waals surface area contributed by atoms with E-state index >= 15 is 0 Å². The van der Waals surface area contributed by atoms with Crippen LogP contribution in [-0.2, 0) is 0 Å². The van der Waals surface area contributed by atoms with Crippen LogP contribution in [-0.4, -0.2) is 11.8 Å². The topological polar surface area (TPSA) is 0 Å². The third kappa shape index (κ3) is 3.78. The first-order valence-electron chi connectivity index (χ1n) is 4.17. The minimum Gasteiger partial charge on any atom is -0.147 e. The molecule has 0 aromatic heterocycles. The molecule has 0 bridgehead atoms. The molecule has 1 unspecified atom stereocenters. The molecular weight excluding hydrogens is 163 g/mol. The van der Waals surface area contributed by atoms with Crippen molar-refractivity contribution >= 4 is 21.0 Å². The zero-order chi connectivity index (χ0) is 6.53. The highest BCUT2D eigenvalue weighted by Crippen LogP contribution is 2.31. The Kier molecular flexibility index (Phi) is 6.89. The highest BCUT2D eigenvalue weighted by molar-refractivity contribution is 7.38. The van der Waals surface area contributed by atoms with Crippen molar-refractivity contribution in [1.29, 1.82) is 0 Å². The Morgan fingerprint density at radius 2 is 1.80 bits per heavy atom. The first-order valence-corrected chi connectivity index (χ1v) is 5.45. The molecule has 0 amide bonds. The predicted molar refractivity (Wildman–Crippen MR) is 53.0 cm³/mol. The van der Waals surface area contributed by atoms with Crippen molar-refractivity contribution in [1.82, 2.24) is 0 Å². The van der Waals surface area contributed by atoms with Gasteiger partial charge < -0.3 is 0 Å². The van der Waals surface area contributed by atoms with Gasteiger partial charge in [-0.15, -0.1) is 21.0 Å². The van der Waals surface area contributed by atoms with Gasteiger partial charge in [0.15, 0.2) is 0 Å². The number of rotatable bonds is 2. The molecule has 0 aromatic rings. The molecule has 0 heterocycles. The molecule has 0 N–H and O–H groups in total. The van der Waals surface area contributed by atoms with Crippen molar-refractivity contribution < 1.29 is 0 Å². The number of hydrogen-bond donors (Lipinski definition) is 0. The summed E-state index contributed by atoms with van der Waals surface area (Å²) in [7, 11) is 1.26. The summed E-state index contributed by atoms with van der Waals surface area (Å²) in [5, 5.41) is 0. The minimum absolute atomic E-state index is 0. The van der Waals surface area contributed by atoms with E-state index in [1.807, 2.05) is 0 Å². The van der Waals surface area contributed by atoms with Gasteiger partial charge in [0.25, 0.3) is 0 Å². The van der Waals surface area contributed by atoms with E-state index in [0.717, 1.165) is 5.66 Å². The maximum atomic E-state index is 2.31.